The van der Waals surface area contributed by atoms with E-state index in [4.69, 9.17) is 11.6 Å². The highest BCUT2D eigenvalue weighted by Crippen LogP contribution is 2.21. The molecule has 2 heterocycles. The van der Waals surface area contributed by atoms with E-state index < -0.39 is 5.41 Å². The van der Waals surface area contributed by atoms with Crippen LogP contribution in [0.1, 0.15) is 19.4 Å². The number of halogens is 1. The highest BCUT2D eigenvalue weighted by atomic mass is 35.5. The molecule has 1 aromatic heterocycles. The van der Waals surface area contributed by atoms with Crippen LogP contribution in [0.3, 0.4) is 0 Å². The van der Waals surface area contributed by atoms with Gasteiger partial charge in [0.25, 0.3) is 0 Å². The molecular formula is C15H22ClN3O. The van der Waals surface area contributed by atoms with Gasteiger partial charge in [-0.05, 0) is 25.5 Å². The fourth-order valence-electron chi connectivity index (χ4n) is 2.34. The van der Waals surface area contributed by atoms with Crippen LogP contribution in [0.25, 0.3) is 0 Å². The summed E-state index contributed by atoms with van der Waals surface area (Å²) in [5.41, 5.74) is 0.751. The third-order valence-corrected chi connectivity index (χ3v) is 4.37. The third kappa shape index (κ3) is 3.70. The van der Waals surface area contributed by atoms with E-state index in [-0.39, 0.29) is 5.91 Å². The molecule has 0 aromatic carbocycles. The second kappa shape index (κ2) is 6.55. The number of nitrogens with zero attached hydrogens (tertiary/aromatic N) is 3. The maximum Gasteiger partial charge on any atom is 0.229 e. The minimum Gasteiger partial charge on any atom is -0.340 e. The van der Waals surface area contributed by atoms with Gasteiger partial charge in [0.2, 0.25) is 5.91 Å². The lowest BCUT2D eigenvalue weighted by molar-refractivity contribution is -0.141. The Balaban J connectivity index is 1.85. The summed E-state index contributed by atoms with van der Waals surface area (Å²) in [7, 11) is 0. The van der Waals surface area contributed by atoms with Gasteiger partial charge in [0.1, 0.15) is 0 Å². The number of alkyl halides is 1. The predicted molar refractivity (Wildman–Crippen MR) is 80.6 cm³/mol. The Morgan fingerprint density at radius 2 is 2.05 bits per heavy atom. The molecule has 1 aliphatic rings. The van der Waals surface area contributed by atoms with Crippen LogP contribution in [0, 0.1) is 5.41 Å². The Labute approximate surface area is 125 Å². The molecule has 0 bridgehead atoms. The molecule has 2 rings (SSSR count). The number of aromatic nitrogens is 1. The molecule has 20 heavy (non-hydrogen) atoms. The maximum absolute atomic E-state index is 12.3. The van der Waals surface area contributed by atoms with Gasteiger partial charge in [-0.1, -0.05) is 6.07 Å². The third-order valence-electron chi connectivity index (χ3n) is 3.70. The van der Waals surface area contributed by atoms with Crippen molar-refractivity contribution in [1.29, 1.82) is 0 Å². The fourth-order valence-corrected chi connectivity index (χ4v) is 2.46. The van der Waals surface area contributed by atoms with Gasteiger partial charge in [-0.3, -0.25) is 14.7 Å². The minimum absolute atomic E-state index is 0.161. The van der Waals surface area contributed by atoms with Crippen molar-refractivity contribution in [2.24, 2.45) is 5.41 Å². The zero-order valence-corrected chi connectivity index (χ0v) is 12.9. The number of hydrogen-bond acceptors (Lipinski definition) is 3. The second-order valence-corrected chi connectivity index (χ2v) is 6.21. The van der Waals surface area contributed by atoms with E-state index in [1.807, 2.05) is 31.0 Å². The van der Waals surface area contributed by atoms with Crippen molar-refractivity contribution in [3.63, 3.8) is 0 Å². The van der Waals surface area contributed by atoms with Crippen LogP contribution in [0.4, 0.5) is 0 Å². The molecule has 0 aliphatic carbocycles. The zero-order valence-electron chi connectivity index (χ0n) is 12.2. The first kappa shape index (κ1) is 15.3. The van der Waals surface area contributed by atoms with Gasteiger partial charge in [0, 0.05) is 51.0 Å². The largest absolute Gasteiger partial charge is 0.340 e. The summed E-state index contributed by atoms with van der Waals surface area (Å²) in [6.45, 7) is 8.07. The van der Waals surface area contributed by atoms with Gasteiger partial charge >= 0.3 is 0 Å². The van der Waals surface area contributed by atoms with E-state index in [1.54, 1.807) is 6.20 Å². The van der Waals surface area contributed by atoms with Crippen molar-refractivity contribution in [3.05, 3.63) is 30.1 Å². The summed E-state index contributed by atoms with van der Waals surface area (Å²) >= 11 is 5.88. The molecule has 0 spiro atoms. The molecule has 0 unspecified atom stereocenters. The normalized spacial score (nSPS) is 17.2. The van der Waals surface area contributed by atoms with Crippen molar-refractivity contribution in [2.75, 3.05) is 32.1 Å². The van der Waals surface area contributed by atoms with E-state index in [2.05, 4.69) is 16.0 Å². The molecule has 0 radical (unpaired) electrons. The van der Waals surface area contributed by atoms with E-state index in [0.29, 0.717) is 5.88 Å². The Morgan fingerprint density at radius 1 is 1.35 bits per heavy atom. The minimum atomic E-state index is -0.465. The molecule has 0 atom stereocenters. The highest BCUT2D eigenvalue weighted by Gasteiger charge is 2.32. The highest BCUT2D eigenvalue weighted by molar-refractivity contribution is 6.19. The molecule has 0 saturated carbocycles. The first-order valence-corrected chi connectivity index (χ1v) is 7.53. The lowest BCUT2D eigenvalue weighted by Crippen LogP contribution is -2.52. The zero-order chi connectivity index (χ0) is 14.6. The van der Waals surface area contributed by atoms with Gasteiger partial charge in [0.05, 0.1) is 5.41 Å². The van der Waals surface area contributed by atoms with Gasteiger partial charge < -0.3 is 4.90 Å². The molecule has 5 heteroatoms. The Kier molecular flexibility index (Phi) is 5.00. The molecule has 1 amide bonds. The first-order valence-electron chi connectivity index (χ1n) is 6.99. The maximum atomic E-state index is 12.3. The average Bonchev–Trinajstić information content (AvgIpc) is 2.48. The first-order chi connectivity index (χ1) is 9.53. The number of amides is 1. The van der Waals surface area contributed by atoms with Gasteiger partial charge in [-0.25, -0.2) is 0 Å². The standard InChI is InChI=1S/C15H22ClN3O/c1-15(2,12-16)14(20)19-8-6-18(7-9-19)11-13-4-3-5-17-10-13/h3-5,10H,6-9,11-12H2,1-2H3. The molecule has 0 N–H and O–H groups in total. The van der Waals surface area contributed by atoms with Gasteiger partial charge in [0.15, 0.2) is 0 Å². The SMILES string of the molecule is CC(C)(CCl)C(=O)N1CCN(Cc2cccnc2)CC1. The van der Waals surface area contributed by atoms with Crippen molar-refractivity contribution < 1.29 is 4.79 Å². The molecule has 1 aliphatic heterocycles. The smallest absolute Gasteiger partial charge is 0.229 e. The number of hydrogen-bond donors (Lipinski definition) is 0. The number of carbonyl (C=O) groups is 1. The average molecular weight is 296 g/mol. The summed E-state index contributed by atoms with van der Waals surface area (Å²) in [5.74, 6) is 0.524. The lowest BCUT2D eigenvalue weighted by atomic mass is 9.94. The van der Waals surface area contributed by atoms with Crippen LogP contribution < -0.4 is 0 Å². The number of pyridine rings is 1. The van der Waals surface area contributed by atoms with Crippen LogP contribution in [0.5, 0.6) is 0 Å². The fraction of sp³-hybridized carbons (Fsp3) is 0.600. The quantitative estimate of drug-likeness (QED) is 0.797. The Hall–Kier alpha value is -1.13. The van der Waals surface area contributed by atoms with Crippen LogP contribution in [-0.4, -0.2) is 52.8 Å². The van der Waals surface area contributed by atoms with Crippen LogP contribution in [-0.2, 0) is 11.3 Å². The molecule has 1 saturated heterocycles. The van der Waals surface area contributed by atoms with E-state index in [1.165, 1.54) is 5.56 Å². The summed E-state index contributed by atoms with van der Waals surface area (Å²) in [5, 5.41) is 0. The van der Waals surface area contributed by atoms with Crippen molar-refractivity contribution in [3.8, 4) is 0 Å². The van der Waals surface area contributed by atoms with Gasteiger partial charge in [-0.15, -0.1) is 11.6 Å². The van der Waals surface area contributed by atoms with Crippen molar-refractivity contribution >= 4 is 17.5 Å². The number of piperazine rings is 1. The van der Waals surface area contributed by atoms with Crippen LogP contribution in [0.15, 0.2) is 24.5 Å². The summed E-state index contributed by atoms with van der Waals surface area (Å²) in [6, 6.07) is 4.04. The summed E-state index contributed by atoms with van der Waals surface area (Å²) in [4.78, 5) is 20.7. The molecule has 1 aromatic rings. The van der Waals surface area contributed by atoms with E-state index in [0.717, 1.165) is 32.7 Å². The molecular weight excluding hydrogens is 274 g/mol. The van der Waals surface area contributed by atoms with E-state index in [9.17, 15) is 4.79 Å². The second-order valence-electron chi connectivity index (χ2n) is 5.95. The van der Waals surface area contributed by atoms with Gasteiger partial charge in [-0.2, -0.15) is 0 Å². The summed E-state index contributed by atoms with van der Waals surface area (Å²) in [6.07, 6.45) is 3.68. The number of rotatable bonds is 4. The Morgan fingerprint density at radius 3 is 2.60 bits per heavy atom. The summed E-state index contributed by atoms with van der Waals surface area (Å²) < 4.78 is 0. The molecule has 110 valence electrons. The molecule has 4 nitrogen and oxygen atoms in total. The molecule has 1 fully saturated rings. The van der Waals surface area contributed by atoms with Crippen molar-refractivity contribution in [2.45, 2.75) is 20.4 Å². The van der Waals surface area contributed by atoms with Crippen molar-refractivity contribution in [1.82, 2.24) is 14.8 Å². The van der Waals surface area contributed by atoms with Crippen LogP contribution in [0.2, 0.25) is 0 Å². The van der Waals surface area contributed by atoms with Crippen LogP contribution >= 0.6 is 11.6 Å². The lowest BCUT2D eigenvalue weighted by Gasteiger charge is -2.38. The monoisotopic (exact) mass is 295 g/mol. The predicted octanol–water partition coefficient (Wildman–Crippen LogP) is 1.99. The Bertz CT molecular complexity index is 442. The van der Waals surface area contributed by atoms with E-state index >= 15 is 0 Å². The number of carbonyl (C=O) groups excluding carboxylic acids is 1. The topological polar surface area (TPSA) is 36.4 Å².